The molecular formula is C15H21N3O. The molecule has 19 heavy (non-hydrogen) atoms. The van der Waals surface area contributed by atoms with E-state index >= 15 is 0 Å². The fourth-order valence-electron chi connectivity index (χ4n) is 1.74. The highest BCUT2D eigenvalue weighted by atomic mass is 16.2. The zero-order valence-corrected chi connectivity index (χ0v) is 11.8. The standard InChI is InChI=1S/C15H21N3O/c1-12(2)13-6-4-7-14(10-13)18(3)11-15(19)17-9-5-8-16/h4,6-7,10,12H,5,9,11H2,1-3H3,(H,17,19). The average molecular weight is 259 g/mol. The Balaban J connectivity index is 2.58. The molecule has 0 aromatic heterocycles. The smallest absolute Gasteiger partial charge is 0.239 e. The lowest BCUT2D eigenvalue weighted by atomic mass is 10.0. The van der Waals surface area contributed by atoms with Crippen LogP contribution in [0.15, 0.2) is 24.3 Å². The third-order valence-corrected chi connectivity index (χ3v) is 2.92. The molecule has 0 heterocycles. The van der Waals surface area contributed by atoms with E-state index in [0.717, 1.165) is 5.69 Å². The number of rotatable bonds is 6. The summed E-state index contributed by atoms with van der Waals surface area (Å²) in [6, 6.07) is 10.2. The third-order valence-electron chi connectivity index (χ3n) is 2.92. The highest BCUT2D eigenvalue weighted by Gasteiger charge is 2.08. The molecule has 0 atom stereocenters. The van der Waals surface area contributed by atoms with Gasteiger partial charge >= 0.3 is 0 Å². The number of hydrogen-bond acceptors (Lipinski definition) is 3. The predicted octanol–water partition coefficient (Wildman–Crippen LogP) is 2.28. The minimum absolute atomic E-state index is 0.0623. The molecular weight excluding hydrogens is 238 g/mol. The van der Waals surface area contributed by atoms with Crippen molar-refractivity contribution in [2.75, 3.05) is 25.0 Å². The van der Waals surface area contributed by atoms with Crippen LogP contribution in [-0.2, 0) is 4.79 Å². The van der Waals surface area contributed by atoms with Crippen molar-refractivity contribution in [3.63, 3.8) is 0 Å². The largest absolute Gasteiger partial charge is 0.365 e. The zero-order valence-electron chi connectivity index (χ0n) is 11.8. The van der Waals surface area contributed by atoms with Gasteiger partial charge in [-0.15, -0.1) is 0 Å². The molecule has 0 aliphatic carbocycles. The van der Waals surface area contributed by atoms with Crippen LogP contribution in [0.2, 0.25) is 0 Å². The van der Waals surface area contributed by atoms with Crippen molar-refractivity contribution in [1.82, 2.24) is 5.32 Å². The van der Waals surface area contributed by atoms with Gasteiger partial charge in [0.25, 0.3) is 0 Å². The van der Waals surface area contributed by atoms with E-state index in [-0.39, 0.29) is 5.91 Å². The van der Waals surface area contributed by atoms with Gasteiger partial charge in [-0.3, -0.25) is 4.79 Å². The molecule has 0 bridgehead atoms. The fraction of sp³-hybridized carbons (Fsp3) is 0.467. The van der Waals surface area contributed by atoms with Crippen molar-refractivity contribution < 1.29 is 4.79 Å². The van der Waals surface area contributed by atoms with Gasteiger partial charge in [0.05, 0.1) is 19.0 Å². The van der Waals surface area contributed by atoms with Crippen LogP contribution in [0.5, 0.6) is 0 Å². The number of nitrogens with one attached hydrogen (secondary N) is 1. The molecule has 0 aliphatic heterocycles. The van der Waals surface area contributed by atoms with Gasteiger partial charge in [-0.05, 0) is 23.6 Å². The summed E-state index contributed by atoms with van der Waals surface area (Å²) in [5.41, 5.74) is 2.29. The van der Waals surface area contributed by atoms with Gasteiger partial charge in [-0.2, -0.15) is 5.26 Å². The second-order valence-electron chi connectivity index (χ2n) is 4.86. The zero-order chi connectivity index (χ0) is 14.3. The molecule has 0 saturated carbocycles. The molecule has 1 N–H and O–H groups in total. The van der Waals surface area contributed by atoms with E-state index in [4.69, 9.17) is 5.26 Å². The van der Waals surface area contributed by atoms with Crippen molar-refractivity contribution in [1.29, 1.82) is 5.26 Å². The molecule has 4 heteroatoms. The Kier molecular flexibility index (Phi) is 5.87. The van der Waals surface area contributed by atoms with Crippen LogP contribution in [-0.4, -0.2) is 26.0 Å². The summed E-state index contributed by atoms with van der Waals surface area (Å²) < 4.78 is 0. The molecule has 1 rings (SSSR count). The second-order valence-corrected chi connectivity index (χ2v) is 4.86. The summed E-state index contributed by atoms with van der Waals surface area (Å²) in [5, 5.41) is 11.1. The third kappa shape index (κ3) is 5.01. The van der Waals surface area contributed by atoms with Crippen LogP contribution in [0.3, 0.4) is 0 Å². The molecule has 4 nitrogen and oxygen atoms in total. The number of nitrogens with zero attached hydrogens (tertiary/aromatic N) is 2. The Labute approximate surface area is 115 Å². The van der Waals surface area contributed by atoms with Crippen LogP contribution in [0.1, 0.15) is 31.7 Å². The fourth-order valence-corrected chi connectivity index (χ4v) is 1.74. The molecule has 1 amide bonds. The number of carbonyl (C=O) groups is 1. The van der Waals surface area contributed by atoms with E-state index in [9.17, 15) is 4.79 Å². The first kappa shape index (κ1) is 15.0. The summed E-state index contributed by atoms with van der Waals surface area (Å²) in [6.45, 7) is 5.00. The van der Waals surface area contributed by atoms with Crippen LogP contribution in [0.25, 0.3) is 0 Å². The molecule has 0 spiro atoms. The molecule has 0 fully saturated rings. The monoisotopic (exact) mass is 259 g/mol. The predicted molar refractivity (Wildman–Crippen MR) is 77.0 cm³/mol. The molecule has 102 valence electrons. The highest BCUT2D eigenvalue weighted by Crippen LogP contribution is 2.20. The number of amides is 1. The first-order valence-electron chi connectivity index (χ1n) is 6.49. The van der Waals surface area contributed by atoms with Crippen LogP contribution < -0.4 is 10.2 Å². The summed E-state index contributed by atoms with van der Waals surface area (Å²) in [4.78, 5) is 13.6. The maximum absolute atomic E-state index is 11.7. The van der Waals surface area contributed by atoms with Crippen LogP contribution in [0, 0.1) is 11.3 Å². The van der Waals surface area contributed by atoms with Crippen molar-refractivity contribution >= 4 is 11.6 Å². The van der Waals surface area contributed by atoms with Crippen molar-refractivity contribution in [3.8, 4) is 6.07 Å². The van der Waals surface area contributed by atoms with Gasteiger partial charge in [0.2, 0.25) is 5.91 Å². The van der Waals surface area contributed by atoms with Crippen LogP contribution >= 0.6 is 0 Å². The Morgan fingerprint density at radius 3 is 2.84 bits per heavy atom. The number of carbonyl (C=O) groups excluding carboxylic acids is 1. The summed E-state index contributed by atoms with van der Waals surface area (Å²) in [6.07, 6.45) is 0.346. The van der Waals surface area contributed by atoms with E-state index in [1.807, 2.05) is 30.1 Å². The van der Waals surface area contributed by atoms with Crippen LogP contribution in [0.4, 0.5) is 5.69 Å². The van der Waals surface area contributed by atoms with Gasteiger partial charge in [-0.1, -0.05) is 26.0 Å². The summed E-state index contributed by atoms with van der Waals surface area (Å²) in [5.74, 6) is 0.408. The molecule has 0 radical (unpaired) electrons. The van der Waals surface area contributed by atoms with Gasteiger partial charge in [-0.25, -0.2) is 0 Å². The van der Waals surface area contributed by atoms with Gasteiger partial charge in [0.1, 0.15) is 0 Å². The van der Waals surface area contributed by atoms with E-state index in [0.29, 0.717) is 25.4 Å². The van der Waals surface area contributed by atoms with Crippen molar-refractivity contribution in [3.05, 3.63) is 29.8 Å². The number of hydrogen-bond donors (Lipinski definition) is 1. The highest BCUT2D eigenvalue weighted by molar-refractivity contribution is 5.81. The van der Waals surface area contributed by atoms with E-state index in [2.05, 4.69) is 31.3 Å². The van der Waals surface area contributed by atoms with Gasteiger partial charge in [0, 0.05) is 19.3 Å². The maximum Gasteiger partial charge on any atom is 0.239 e. The summed E-state index contributed by atoms with van der Waals surface area (Å²) in [7, 11) is 1.89. The van der Waals surface area contributed by atoms with E-state index in [1.165, 1.54) is 5.56 Å². The maximum atomic E-state index is 11.7. The quantitative estimate of drug-likeness (QED) is 0.797. The van der Waals surface area contributed by atoms with Crippen molar-refractivity contribution in [2.45, 2.75) is 26.2 Å². The van der Waals surface area contributed by atoms with Crippen molar-refractivity contribution in [2.24, 2.45) is 0 Å². The number of benzene rings is 1. The lowest BCUT2D eigenvalue weighted by Crippen LogP contribution is -2.35. The molecule has 1 aromatic carbocycles. The first-order chi connectivity index (χ1) is 9.04. The molecule has 1 aromatic rings. The Morgan fingerprint density at radius 2 is 2.21 bits per heavy atom. The SMILES string of the molecule is CC(C)c1cccc(N(C)CC(=O)NCCC#N)c1. The lowest BCUT2D eigenvalue weighted by Gasteiger charge is -2.20. The second kappa shape index (κ2) is 7.42. The summed E-state index contributed by atoms with van der Waals surface area (Å²) >= 11 is 0. The minimum Gasteiger partial charge on any atom is -0.365 e. The number of nitriles is 1. The number of anilines is 1. The lowest BCUT2D eigenvalue weighted by molar-refractivity contribution is -0.119. The minimum atomic E-state index is -0.0623. The van der Waals surface area contributed by atoms with Gasteiger partial charge < -0.3 is 10.2 Å². The Morgan fingerprint density at radius 1 is 1.47 bits per heavy atom. The average Bonchev–Trinajstić information content (AvgIpc) is 2.39. The normalized spacial score (nSPS) is 10.1. The molecule has 0 unspecified atom stereocenters. The first-order valence-corrected chi connectivity index (χ1v) is 6.49. The van der Waals surface area contributed by atoms with Gasteiger partial charge in [0.15, 0.2) is 0 Å². The topological polar surface area (TPSA) is 56.1 Å². The number of likely N-dealkylation sites (N-methyl/N-ethyl adjacent to an activating group) is 1. The molecule has 0 saturated heterocycles. The van der Waals surface area contributed by atoms with E-state index in [1.54, 1.807) is 0 Å². The Bertz CT molecular complexity index is 463. The Hall–Kier alpha value is -2.02. The van der Waals surface area contributed by atoms with E-state index < -0.39 is 0 Å². The molecule has 0 aliphatic rings.